The standard InChI is InChI=1S/C21H24N4O2/c1-25(2)10-4-9-24-21(27)17-7-6-14(12-18(17)22)16-11-15-5-3-8-23-20(15)19(26)13-16/h3,5-8,11-13,26H,4,9-10,22H2,1-2H3,(H,24,27). The smallest absolute Gasteiger partial charge is 0.253 e. The molecular formula is C21H24N4O2. The van der Waals surface area contributed by atoms with E-state index in [2.05, 4.69) is 15.2 Å². The van der Waals surface area contributed by atoms with Crippen LogP contribution in [0.4, 0.5) is 5.69 Å². The molecule has 0 saturated carbocycles. The molecule has 0 aliphatic rings. The first-order valence-electron chi connectivity index (χ1n) is 8.86. The fraction of sp³-hybridized carbons (Fsp3) is 0.238. The van der Waals surface area contributed by atoms with Gasteiger partial charge in [-0.2, -0.15) is 0 Å². The Morgan fingerprint density at radius 2 is 2.00 bits per heavy atom. The molecule has 0 fully saturated rings. The molecule has 0 radical (unpaired) electrons. The summed E-state index contributed by atoms with van der Waals surface area (Å²) in [6.45, 7) is 1.51. The Morgan fingerprint density at radius 1 is 1.19 bits per heavy atom. The summed E-state index contributed by atoms with van der Waals surface area (Å²) in [5.41, 5.74) is 9.19. The van der Waals surface area contributed by atoms with Gasteiger partial charge in [0.1, 0.15) is 11.3 Å². The van der Waals surface area contributed by atoms with E-state index in [4.69, 9.17) is 5.73 Å². The van der Waals surface area contributed by atoms with Crippen molar-refractivity contribution in [1.82, 2.24) is 15.2 Å². The third-order valence-corrected chi connectivity index (χ3v) is 4.38. The van der Waals surface area contributed by atoms with Gasteiger partial charge in [-0.15, -0.1) is 0 Å². The van der Waals surface area contributed by atoms with E-state index in [-0.39, 0.29) is 11.7 Å². The maximum atomic E-state index is 12.3. The summed E-state index contributed by atoms with van der Waals surface area (Å²) in [7, 11) is 4.00. The van der Waals surface area contributed by atoms with Gasteiger partial charge in [0.25, 0.3) is 5.91 Å². The average molecular weight is 364 g/mol. The van der Waals surface area contributed by atoms with Crippen molar-refractivity contribution in [2.24, 2.45) is 0 Å². The Hall–Kier alpha value is -3.12. The van der Waals surface area contributed by atoms with Crippen LogP contribution in [0, 0.1) is 0 Å². The molecule has 6 nitrogen and oxygen atoms in total. The number of phenols is 1. The average Bonchev–Trinajstić information content (AvgIpc) is 2.64. The SMILES string of the molecule is CN(C)CCCNC(=O)c1ccc(-c2cc(O)c3ncccc3c2)cc1N. The molecule has 6 heteroatoms. The van der Waals surface area contributed by atoms with E-state index in [1.807, 2.05) is 38.4 Å². The van der Waals surface area contributed by atoms with Crippen LogP contribution in [0.25, 0.3) is 22.0 Å². The summed E-state index contributed by atoms with van der Waals surface area (Å²) in [4.78, 5) is 18.6. The Kier molecular flexibility index (Phi) is 5.57. The lowest BCUT2D eigenvalue weighted by Crippen LogP contribution is -2.27. The van der Waals surface area contributed by atoms with Gasteiger partial charge in [0, 0.05) is 23.8 Å². The number of hydrogen-bond donors (Lipinski definition) is 3. The Balaban J connectivity index is 1.79. The maximum absolute atomic E-state index is 12.3. The zero-order valence-corrected chi connectivity index (χ0v) is 15.6. The minimum atomic E-state index is -0.177. The minimum Gasteiger partial charge on any atom is -0.506 e. The first kappa shape index (κ1) is 18.7. The Labute approximate surface area is 158 Å². The van der Waals surface area contributed by atoms with Crippen LogP contribution in [-0.2, 0) is 0 Å². The lowest BCUT2D eigenvalue weighted by molar-refractivity contribution is 0.0953. The van der Waals surface area contributed by atoms with Crippen molar-refractivity contribution in [3.63, 3.8) is 0 Å². The highest BCUT2D eigenvalue weighted by molar-refractivity contribution is 6.00. The third-order valence-electron chi connectivity index (χ3n) is 4.38. The van der Waals surface area contributed by atoms with Crippen molar-refractivity contribution >= 4 is 22.5 Å². The number of rotatable bonds is 6. The number of fused-ring (bicyclic) bond motifs is 1. The summed E-state index contributed by atoms with van der Waals surface area (Å²) in [5.74, 6) is -0.0623. The van der Waals surface area contributed by atoms with E-state index in [1.54, 1.807) is 24.4 Å². The highest BCUT2D eigenvalue weighted by Gasteiger charge is 2.12. The normalized spacial score (nSPS) is 11.1. The number of aromatic hydroxyl groups is 1. The van der Waals surface area contributed by atoms with Gasteiger partial charge in [0.2, 0.25) is 0 Å². The van der Waals surface area contributed by atoms with E-state index in [0.29, 0.717) is 23.3 Å². The number of amides is 1. The largest absolute Gasteiger partial charge is 0.506 e. The molecule has 27 heavy (non-hydrogen) atoms. The zero-order chi connectivity index (χ0) is 19.4. The van der Waals surface area contributed by atoms with Gasteiger partial charge in [0.15, 0.2) is 0 Å². The van der Waals surface area contributed by atoms with E-state index in [0.717, 1.165) is 29.5 Å². The Morgan fingerprint density at radius 3 is 2.74 bits per heavy atom. The monoisotopic (exact) mass is 364 g/mol. The van der Waals surface area contributed by atoms with Crippen LogP contribution in [0.3, 0.4) is 0 Å². The number of pyridine rings is 1. The number of carbonyl (C=O) groups excluding carboxylic acids is 1. The molecule has 0 saturated heterocycles. The molecule has 0 bridgehead atoms. The van der Waals surface area contributed by atoms with E-state index in [1.165, 1.54) is 0 Å². The van der Waals surface area contributed by atoms with Crippen LogP contribution >= 0.6 is 0 Å². The molecule has 0 unspecified atom stereocenters. The summed E-state index contributed by atoms with van der Waals surface area (Å²) in [6, 6.07) is 12.6. The molecule has 3 rings (SSSR count). The van der Waals surface area contributed by atoms with Gasteiger partial charge in [-0.3, -0.25) is 9.78 Å². The number of nitrogens with two attached hydrogens (primary N) is 1. The molecule has 0 atom stereocenters. The van der Waals surface area contributed by atoms with Crippen LogP contribution in [0.1, 0.15) is 16.8 Å². The number of aromatic nitrogens is 1. The molecule has 1 aromatic heterocycles. The number of benzene rings is 2. The fourth-order valence-corrected chi connectivity index (χ4v) is 2.98. The Bertz CT molecular complexity index is 970. The zero-order valence-electron chi connectivity index (χ0n) is 15.6. The van der Waals surface area contributed by atoms with Gasteiger partial charge in [-0.05, 0) is 68.5 Å². The number of anilines is 1. The van der Waals surface area contributed by atoms with Crippen molar-refractivity contribution < 1.29 is 9.90 Å². The third kappa shape index (κ3) is 4.35. The van der Waals surface area contributed by atoms with Crippen molar-refractivity contribution in [1.29, 1.82) is 0 Å². The van der Waals surface area contributed by atoms with E-state index in [9.17, 15) is 9.90 Å². The second-order valence-corrected chi connectivity index (χ2v) is 6.79. The molecule has 0 spiro atoms. The van der Waals surface area contributed by atoms with Gasteiger partial charge >= 0.3 is 0 Å². The van der Waals surface area contributed by atoms with Crippen LogP contribution in [0.15, 0.2) is 48.7 Å². The number of hydrogen-bond acceptors (Lipinski definition) is 5. The highest BCUT2D eigenvalue weighted by Crippen LogP contribution is 2.31. The van der Waals surface area contributed by atoms with Crippen molar-refractivity contribution in [3.05, 3.63) is 54.2 Å². The predicted molar refractivity (Wildman–Crippen MR) is 109 cm³/mol. The van der Waals surface area contributed by atoms with Crippen LogP contribution in [0.5, 0.6) is 5.75 Å². The quantitative estimate of drug-likeness (QED) is 0.462. The van der Waals surface area contributed by atoms with Crippen molar-refractivity contribution in [2.75, 3.05) is 32.9 Å². The number of phenolic OH excluding ortho intramolecular Hbond substituents is 1. The first-order valence-corrected chi connectivity index (χ1v) is 8.86. The lowest BCUT2D eigenvalue weighted by Gasteiger charge is -2.12. The van der Waals surface area contributed by atoms with Crippen LogP contribution in [0.2, 0.25) is 0 Å². The first-order chi connectivity index (χ1) is 13.0. The molecule has 1 heterocycles. The second-order valence-electron chi connectivity index (χ2n) is 6.79. The van der Waals surface area contributed by atoms with E-state index >= 15 is 0 Å². The molecule has 2 aromatic carbocycles. The molecule has 0 aliphatic heterocycles. The summed E-state index contributed by atoms with van der Waals surface area (Å²) in [5, 5.41) is 14.0. The van der Waals surface area contributed by atoms with Crippen LogP contribution in [-0.4, -0.2) is 48.1 Å². The molecular weight excluding hydrogens is 340 g/mol. The summed E-state index contributed by atoms with van der Waals surface area (Å²) >= 11 is 0. The van der Waals surface area contributed by atoms with Crippen LogP contribution < -0.4 is 11.1 Å². The second kappa shape index (κ2) is 8.05. The molecule has 0 aliphatic carbocycles. The number of carbonyl (C=O) groups is 1. The minimum absolute atomic E-state index is 0.115. The van der Waals surface area contributed by atoms with Gasteiger partial charge < -0.3 is 21.1 Å². The van der Waals surface area contributed by atoms with Gasteiger partial charge in [-0.1, -0.05) is 12.1 Å². The molecule has 4 N–H and O–H groups in total. The lowest BCUT2D eigenvalue weighted by atomic mass is 10.00. The molecule has 140 valence electrons. The number of nitrogen functional groups attached to an aromatic ring is 1. The predicted octanol–water partition coefficient (Wildman–Crippen LogP) is 2.87. The number of nitrogens with zero attached hydrogens (tertiary/aromatic N) is 2. The fourth-order valence-electron chi connectivity index (χ4n) is 2.98. The maximum Gasteiger partial charge on any atom is 0.253 e. The topological polar surface area (TPSA) is 91.5 Å². The van der Waals surface area contributed by atoms with Crippen molar-refractivity contribution in [3.8, 4) is 16.9 Å². The van der Waals surface area contributed by atoms with Gasteiger partial charge in [-0.25, -0.2) is 0 Å². The molecule has 3 aromatic rings. The summed E-state index contributed by atoms with van der Waals surface area (Å²) < 4.78 is 0. The van der Waals surface area contributed by atoms with E-state index < -0.39 is 0 Å². The van der Waals surface area contributed by atoms with Crippen molar-refractivity contribution in [2.45, 2.75) is 6.42 Å². The summed E-state index contributed by atoms with van der Waals surface area (Å²) in [6.07, 6.45) is 2.52. The highest BCUT2D eigenvalue weighted by atomic mass is 16.3. The van der Waals surface area contributed by atoms with Gasteiger partial charge in [0.05, 0.1) is 5.56 Å². The molecule has 1 amide bonds. The number of nitrogens with one attached hydrogen (secondary N) is 1.